The summed E-state index contributed by atoms with van der Waals surface area (Å²) in [5.41, 5.74) is 1.32. The van der Waals surface area contributed by atoms with E-state index in [0.717, 1.165) is 25.9 Å². The van der Waals surface area contributed by atoms with Crippen LogP contribution in [0.1, 0.15) is 57.2 Å². The van der Waals surface area contributed by atoms with E-state index in [-0.39, 0.29) is 16.6 Å². The molecule has 3 nitrogen and oxygen atoms in total. The number of carbonyl (C=O) groups excluding carboxylic acids is 1. The van der Waals surface area contributed by atoms with Gasteiger partial charge < -0.3 is 4.90 Å². The number of nitrogens with zero attached hydrogens (tertiary/aromatic N) is 2. The minimum Gasteiger partial charge on any atom is -0.342 e. The van der Waals surface area contributed by atoms with Gasteiger partial charge in [-0.3, -0.25) is 4.79 Å². The zero-order chi connectivity index (χ0) is 15.6. The molecule has 0 spiro atoms. The summed E-state index contributed by atoms with van der Waals surface area (Å²) in [6.45, 7) is 10.4. The molecule has 1 fully saturated rings. The van der Waals surface area contributed by atoms with E-state index in [0.29, 0.717) is 5.92 Å². The standard InChI is InChI=1S/C16H26N2OS2/c1-11(20-5)15(19)18-8-6-12(7-9-18)14-17-13(10-21-14)16(2,3)4/h10-12H,6-9H2,1-5H3/t11-/m0/s1. The molecule has 1 amide bonds. The van der Waals surface area contributed by atoms with E-state index >= 15 is 0 Å². The second-order valence-corrected chi connectivity index (χ2v) is 8.87. The molecule has 0 bridgehead atoms. The summed E-state index contributed by atoms with van der Waals surface area (Å²) in [4.78, 5) is 19.1. The van der Waals surface area contributed by atoms with Crippen molar-refractivity contribution in [3.05, 3.63) is 16.1 Å². The number of rotatable bonds is 3. The van der Waals surface area contributed by atoms with Gasteiger partial charge in [-0.15, -0.1) is 11.3 Å². The number of thioether (sulfide) groups is 1. The maximum absolute atomic E-state index is 12.2. The molecule has 1 atom stereocenters. The SMILES string of the molecule is CS[C@@H](C)C(=O)N1CCC(c2nc(C(C)(C)C)cs2)CC1. The highest BCUT2D eigenvalue weighted by atomic mass is 32.2. The Hall–Kier alpha value is -0.550. The third-order valence-corrected chi connectivity index (χ3v) is 6.06. The number of amides is 1. The van der Waals surface area contributed by atoms with E-state index in [1.165, 1.54) is 10.7 Å². The summed E-state index contributed by atoms with van der Waals surface area (Å²) in [7, 11) is 0. The Morgan fingerprint density at radius 2 is 2.05 bits per heavy atom. The average Bonchev–Trinajstić information content (AvgIpc) is 2.95. The summed E-state index contributed by atoms with van der Waals surface area (Å²) in [6.07, 6.45) is 4.09. The van der Waals surface area contributed by atoms with Crippen molar-refractivity contribution in [2.24, 2.45) is 0 Å². The lowest BCUT2D eigenvalue weighted by atomic mass is 9.93. The molecule has 1 saturated heterocycles. The van der Waals surface area contributed by atoms with Crippen LogP contribution in [0.5, 0.6) is 0 Å². The number of carbonyl (C=O) groups is 1. The van der Waals surface area contributed by atoms with Crippen LogP contribution in [0.15, 0.2) is 5.38 Å². The average molecular weight is 327 g/mol. The molecule has 0 aromatic carbocycles. The zero-order valence-electron chi connectivity index (χ0n) is 13.7. The lowest BCUT2D eigenvalue weighted by Gasteiger charge is -2.32. The van der Waals surface area contributed by atoms with Crippen molar-refractivity contribution in [2.45, 2.75) is 57.1 Å². The van der Waals surface area contributed by atoms with Gasteiger partial charge in [0.1, 0.15) is 0 Å². The number of piperidine rings is 1. The fraction of sp³-hybridized carbons (Fsp3) is 0.750. The van der Waals surface area contributed by atoms with Gasteiger partial charge in [-0.25, -0.2) is 4.98 Å². The Morgan fingerprint density at radius 1 is 1.43 bits per heavy atom. The first-order valence-electron chi connectivity index (χ1n) is 7.60. The number of hydrogen-bond acceptors (Lipinski definition) is 4. The van der Waals surface area contributed by atoms with Gasteiger partial charge in [-0.1, -0.05) is 20.8 Å². The van der Waals surface area contributed by atoms with E-state index < -0.39 is 0 Å². The monoisotopic (exact) mass is 326 g/mol. The van der Waals surface area contributed by atoms with E-state index in [4.69, 9.17) is 4.98 Å². The third kappa shape index (κ3) is 4.01. The Bertz CT molecular complexity index is 485. The molecule has 21 heavy (non-hydrogen) atoms. The van der Waals surface area contributed by atoms with Crippen LogP contribution in [0.3, 0.4) is 0 Å². The molecule has 2 rings (SSSR count). The van der Waals surface area contributed by atoms with Crippen LogP contribution in [0.4, 0.5) is 0 Å². The Kier molecular flexibility index (Phi) is 5.36. The minimum absolute atomic E-state index is 0.0777. The van der Waals surface area contributed by atoms with E-state index in [1.54, 1.807) is 23.1 Å². The maximum atomic E-state index is 12.2. The van der Waals surface area contributed by atoms with Gasteiger partial charge in [0.2, 0.25) is 5.91 Å². The topological polar surface area (TPSA) is 33.2 Å². The van der Waals surface area contributed by atoms with Crippen molar-refractivity contribution in [2.75, 3.05) is 19.3 Å². The van der Waals surface area contributed by atoms with Gasteiger partial charge in [-0.05, 0) is 26.0 Å². The normalized spacial score (nSPS) is 18.8. The molecule has 0 unspecified atom stereocenters. The van der Waals surface area contributed by atoms with Crippen LogP contribution in [0.2, 0.25) is 0 Å². The van der Waals surface area contributed by atoms with E-state index in [2.05, 4.69) is 26.2 Å². The Morgan fingerprint density at radius 3 is 2.52 bits per heavy atom. The maximum Gasteiger partial charge on any atom is 0.235 e. The van der Waals surface area contributed by atoms with Crippen molar-refractivity contribution >= 4 is 29.0 Å². The molecule has 0 N–H and O–H groups in total. The first-order valence-corrected chi connectivity index (χ1v) is 9.77. The van der Waals surface area contributed by atoms with Gasteiger partial charge in [0.05, 0.1) is 16.0 Å². The zero-order valence-corrected chi connectivity index (χ0v) is 15.3. The van der Waals surface area contributed by atoms with Crippen molar-refractivity contribution in [3.63, 3.8) is 0 Å². The van der Waals surface area contributed by atoms with Gasteiger partial charge in [0.25, 0.3) is 0 Å². The Balaban J connectivity index is 1.95. The predicted molar refractivity (Wildman–Crippen MR) is 92.3 cm³/mol. The highest BCUT2D eigenvalue weighted by Crippen LogP contribution is 2.33. The van der Waals surface area contributed by atoms with Crippen LogP contribution in [0, 0.1) is 0 Å². The summed E-state index contributed by atoms with van der Waals surface area (Å²) in [5, 5.41) is 3.53. The Labute approximate surface area is 136 Å². The molecule has 118 valence electrons. The summed E-state index contributed by atoms with van der Waals surface area (Å²) < 4.78 is 0. The first-order chi connectivity index (χ1) is 9.82. The van der Waals surface area contributed by atoms with Crippen molar-refractivity contribution in [1.82, 2.24) is 9.88 Å². The fourth-order valence-corrected chi connectivity index (χ4v) is 4.09. The molecule has 1 aliphatic rings. The van der Waals surface area contributed by atoms with Crippen molar-refractivity contribution < 1.29 is 4.79 Å². The lowest BCUT2D eigenvalue weighted by Crippen LogP contribution is -2.41. The summed E-state index contributed by atoms with van der Waals surface area (Å²) >= 11 is 3.41. The van der Waals surface area contributed by atoms with Crippen molar-refractivity contribution in [1.29, 1.82) is 0 Å². The minimum atomic E-state index is 0.0777. The number of aromatic nitrogens is 1. The number of hydrogen-bond donors (Lipinski definition) is 0. The lowest BCUT2D eigenvalue weighted by molar-refractivity contribution is -0.131. The van der Waals surface area contributed by atoms with Gasteiger partial charge in [0.15, 0.2) is 0 Å². The molecule has 1 aliphatic heterocycles. The molecule has 0 aliphatic carbocycles. The van der Waals surface area contributed by atoms with Crippen LogP contribution in [-0.4, -0.2) is 40.4 Å². The largest absolute Gasteiger partial charge is 0.342 e. The highest BCUT2D eigenvalue weighted by Gasteiger charge is 2.28. The number of likely N-dealkylation sites (tertiary alicyclic amines) is 1. The highest BCUT2D eigenvalue weighted by molar-refractivity contribution is 7.99. The molecule has 0 radical (unpaired) electrons. The van der Waals surface area contributed by atoms with Gasteiger partial charge >= 0.3 is 0 Å². The first kappa shape index (κ1) is 16.8. The molecule has 2 heterocycles. The molecular formula is C16H26N2OS2. The van der Waals surface area contributed by atoms with Gasteiger partial charge in [-0.2, -0.15) is 11.8 Å². The summed E-state index contributed by atoms with van der Waals surface area (Å²) in [5.74, 6) is 0.815. The quantitative estimate of drug-likeness (QED) is 0.844. The van der Waals surface area contributed by atoms with E-state index in [9.17, 15) is 4.79 Å². The van der Waals surface area contributed by atoms with Crippen LogP contribution < -0.4 is 0 Å². The molecular weight excluding hydrogens is 300 g/mol. The smallest absolute Gasteiger partial charge is 0.235 e. The second kappa shape index (κ2) is 6.69. The predicted octanol–water partition coefficient (Wildman–Crippen LogP) is 3.90. The summed E-state index contributed by atoms with van der Waals surface area (Å²) in [6, 6.07) is 0. The van der Waals surface area contributed by atoms with Crippen LogP contribution in [0.25, 0.3) is 0 Å². The fourth-order valence-electron chi connectivity index (χ4n) is 2.52. The third-order valence-electron chi connectivity index (χ3n) is 4.15. The molecule has 0 saturated carbocycles. The van der Waals surface area contributed by atoms with Crippen LogP contribution in [-0.2, 0) is 10.2 Å². The van der Waals surface area contributed by atoms with Crippen LogP contribution >= 0.6 is 23.1 Å². The molecule has 1 aromatic rings. The van der Waals surface area contributed by atoms with Crippen molar-refractivity contribution in [3.8, 4) is 0 Å². The molecule has 1 aromatic heterocycles. The number of thiazole rings is 1. The second-order valence-electron chi connectivity index (χ2n) is 6.80. The van der Waals surface area contributed by atoms with E-state index in [1.807, 2.05) is 18.1 Å². The van der Waals surface area contributed by atoms with Gasteiger partial charge in [0, 0.05) is 29.8 Å². The molecule has 5 heteroatoms.